The first-order valence-corrected chi connectivity index (χ1v) is 10.9. The van der Waals surface area contributed by atoms with Gasteiger partial charge in [-0.1, -0.05) is 18.2 Å². The molecule has 0 saturated carbocycles. The topological polar surface area (TPSA) is 131 Å². The maximum absolute atomic E-state index is 13.4. The van der Waals surface area contributed by atoms with E-state index in [1.807, 2.05) is 46.8 Å². The molecule has 0 radical (unpaired) electrons. The van der Waals surface area contributed by atoms with Crippen molar-refractivity contribution < 1.29 is 23.9 Å². The molecular weight excluding hydrogens is 424 g/mol. The summed E-state index contributed by atoms with van der Waals surface area (Å²) in [5.41, 5.74) is 6.44. The monoisotopic (exact) mass is 462 g/mol. The lowest BCUT2D eigenvalue weighted by Crippen LogP contribution is -2.54. The molecule has 2 atom stereocenters. The first-order valence-electron chi connectivity index (χ1n) is 10.9. The molecule has 1 aromatic rings. The third kappa shape index (κ3) is 8.75. The van der Waals surface area contributed by atoms with Crippen LogP contribution in [0.3, 0.4) is 0 Å². The average Bonchev–Trinajstić information content (AvgIpc) is 2.60. The van der Waals surface area contributed by atoms with Crippen LogP contribution in [0.2, 0.25) is 0 Å². The van der Waals surface area contributed by atoms with Gasteiger partial charge < -0.3 is 26.0 Å². The molecule has 4 amide bonds. The summed E-state index contributed by atoms with van der Waals surface area (Å²) in [5, 5.41) is 5.34. The van der Waals surface area contributed by atoms with Crippen molar-refractivity contribution in [3.05, 3.63) is 34.9 Å². The number of aryl methyl sites for hydroxylation is 1. The van der Waals surface area contributed by atoms with Crippen LogP contribution in [0.4, 0.5) is 4.79 Å². The molecule has 184 valence electrons. The predicted molar refractivity (Wildman–Crippen MR) is 126 cm³/mol. The number of alkyl carbamates (subject to hydrolysis) is 1. The molecule has 0 fully saturated rings. The summed E-state index contributed by atoms with van der Waals surface area (Å²) >= 11 is 0. The van der Waals surface area contributed by atoms with E-state index in [2.05, 4.69) is 10.6 Å². The maximum atomic E-state index is 13.4. The van der Waals surface area contributed by atoms with Crippen LogP contribution in [-0.2, 0) is 19.1 Å². The third-order valence-electron chi connectivity index (χ3n) is 4.82. The Kier molecular flexibility index (Phi) is 9.04. The number of carbonyl (C=O) groups is 4. The van der Waals surface area contributed by atoms with E-state index in [4.69, 9.17) is 10.5 Å². The molecule has 9 heteroatoms. The summed E-state index contributed by atoms with van der Waals surface area (Å²) in [6.07, 6.45) is -1.30. The van der Waals surface area contributed by atoms with Crippen molar-refractivity contribution in [2.24, 2.45) is 5.73 Å². The van der Waals surface area contributed by atoms with Gasteiger partial charge in [-0.05, 0) is 72.1 Å². The van der Waals surface area contributed by atoms with Gasteiger partial charge >= 0.3 is 6.09 Å². The fourth-order valence-electron chi connectivity index (χ4n) is 3.26. The zero-order chi connectivity index (χ0) is 25.7. The quantitative estimate of drug-likeness (QED) is 0.573. The van der Waals surface area contributed by atoms with Crippen molar-refractivity contribution >= 4 is 23.8 Å². The zero-order valence-corrected chi connectivity index (χ0v) is 21.2. The van der Waals surface area contributed by atoms with Crippen molar-refractivity contribution in [1.82, 2.24) is 15.5 Å². The highest BCUT2D eigenvalue weighted by Crippen LogP contribution is 2.27. The smallest absolute Gasteiger partial charge is 0.408 e. The lowest BCUT2D eigenvalue weighted by Gasteiger charge is -2.34. The molecule has 4 N–H and O–H groups in total. The average molecular weight is 463 g/mol. The number of nitrogens with two attached hydrogens (primary N) is 1. The summed E-state index contributed by atoms with van der Waals surface area (Å²) in [4.78, 5) is 51.9. The normalized spacial score (nSPS) is 13.5. The van der Waals surface area contributed by atoms with Crippen molar-refractivity contribution in [1.29, 1.82) is 0 Å². The molecule has 0 saturated heterocycles. The second-order valence-electron chi connectivity index (χ2n) is 10.2. The number of primary amides is 1. The number of nitrogens with zero attached hydrogens (tertiary/aromatic N) is 1. The van der Waals surface area contributed by atoms with E-state index in [0.29, 0.717) is 5.56 Å². The zero-order valence-electron chi connectivity index (χ0n) is 21.2. The second-order valence-corrected chi connectivity index (χ2v) is 10.2. The van der Waals surface area contributed by atoms with Gasteiger partial charge in [0.1, 0.15) is 17.7 Å². The van der Waals surface area contributed by atoms with Crippen LogP contribution in [0.5, 0.6) is 0 Å². The summed E-state index contributed by atoms with van der Waals surface area (Å²) in [6.45, 7) is 14.3. The van der Waals surface area contributed by atoms with Gasteiger partial charge in [-0.15, -0.1) is 0 Å². The molecule has 2 unspecified atom stereocenters. The molecule has 1 aromatic carbocycles. The molecule has 33 heavy (non-hydrogen) atoms. The van der Waals surface area contributed by atoms with Crippen molar-refractivity contribution in [2.75, 3.05) is 7.05 Å². The summed E-state index contributed by atoms with van der Waals surface area (Å²) in [7, 11) is 1.46. The number of carbonyl (C=O) groups excluding carboxylic acids is 4. The number of hydrogen-bond acceptors (Lipinski definition) is 5. The van der Waals surface area contributed by atoms with Crippen LogP contribution in [0.1, 0.15) is 70.7 Å². The van der Waals surface area contributed by atoms with Crippen LogP contribution < -0.4 is 16.4 Å². The van der Waals surface area contributed by atoms with Gasteiger partial charge in [0.05, 0.1) is 6.42 Å². The molecule has 0 spiro atoms. The molecule has 0 aliphatic heterocycles. The maximum Gasteiger partial charge on any atom is 0.408 e. The Morgan fingerprint density at radius 2 is 1.64 bits per heavy atom. The molecule has 0 aromatic heterocycles. The SMILES string of the molecule is Cc1cccc(C(C(=O)NC(C)(C)C)N(C)C(=O)C(CC(N)=O)NC(=O)OC(C)(C)C)c1C. The molecule has 0 bridgehead atoms. The minimum Gasteiger partial charge on any atom is -0.444 e. The van der Waals surface area contributed by atoms with Crippen molar-refractivity contribution in [2.45, 2.75) is 85.0 Å². The number of rotatable bonds is 7. The van der Waals surface area contributed by atoms with E-state index >= 15 is 0 Å². The van der Waals surface area contributed by atoms with Gasteiger partial charge in [0.25, 0.3) is 0 Å². The number of nitrogens with one attached hydrogen (secondary N) is 2. The molecule has 9 nitrogen and oxygen atoms in total. The van der Waals surface area contributed by atoms with Crippen LogP contribution in [0, 0.1) is 13.8 Å². The van der Waals surface area contributed by atoms with E-state index in [9.17, 15) is 19.2 Å². The molecule has 0 aliphatic carbocycles. The number of benzene rings is 1. The standard InChI is InChI=1S/C24H38N4O5/c1-14-11-10-12-16(15(14)2)19(20(30)27-23(3,4)5)28(9)21(31)17(13-18(25)29)26-22(32)33-24(6,7)8/h10-12,17,19H,13H2,1-9H3,(H2,25,29)(H,26,32)(H,27,30). The highest BCUT2D eigenvalue weighted by Gasteiger charge is 2.36. The van der Waals surface area contributed by atoms with Crippen molar-refractivity contribution in [3.8, 4) is 0 Å². The minimum atomic E-state index is -1.29. The molecular formula is C24H38N4O5. The van der Waals surface area contributed by atoms with Crippen LogP contribution >= 0.6 is 0 Å². The van der Waals surface area contributed by atoms with E-state index in [1.165, 1.54) is 11.9 Å². The van der Waals surface area contributed by atoms with Crippen LogP contribution in [0.15, 0.2) is 18.2 Å². The van der Waals surface area contributed by atoms with Gasteiger partial charge in [-0.2, -0.15) is 0 Å². The van der Waals surface area contributed by atoms with Crippen LogP contribution in [-0.4, -0.2) is 52.9 Å². The van der Waals surface area contributed by atoms with Gasteiger partial charge in [-0.3, -0.25) is 14.4 Å². The predicted octanol–water partition coefficient (Wildman–Crippen LogP) is 2.49. The van der Waals surface area contributed by atoms with Crippen LogP contribution in [0.25, 0.3) is 0 Å². The lowest BCUT2D eigenvalue weighted by molar-refractivity contribution is -0.142. The van der Waals surface area contributed by atoms with Crippen molar-refractivity contribution in [3.63, 3.8) is 0 Å². The number of ether oxygens (including phenoxy) is 1. The Labute approximate surface area is 196 Å². The van der Waals surface area contributed by atoms with Gasteiger partial charge in [0, 0.05) is 12.6 Å². The van der Waals surface area contributed by atoms with E-state index < -0.39 is 47.6 Å². The summed E-state index contributed by atoms with van der Waals surface area (Å²) in [5.74, 6) is -1.81. The number of likely N-dealkylation sites (N-methyl/N-ethyl adjacent to an activating group) is 1. The fraction of sp³-hybridized carbons (Fsp3) is 0.583. The largest absolute Gasteiger partial charge is 0.444 e. The minimum absolute atomic E-state index is 0.387. The third-order valence-corrected chi connectivity index (χ3v) is 4.82. The summed E-state index contributed by atoms with van der Waals surface area (Å²) in [6, 6.07) is 3.22. The number of amides is 4. The van der Waals surface area contributed by atoms with Gasteiger partial charge in [0.15, 0.2) is 0 Å². The molecule has 0 aliphatic rings. The second kappa shape index (κ2) is 10.7. The molecule has 1 rings (SSSR count). The van der Waals surface area contributed by atoms with E-state index in [0.717, 1.165) is 11.1 Å². The van der Waals surface area contributed by atoms with Gasteiger partial charge in [-0.25, -0.2) is 4.79 Å². The highest BCUT2D eigenvalue weighted by atomic mass is 16.6. The first kappa shape index (κ1) is 27.9. The first-order chi connectivity index (χ1) is 14.9. The Morgan fingerprint density at radius 1 is 1.06 bits per heavy atom. The number of hydrogen-bond donors (Lipinski definition) is 3. The Hall–Kier alpha value is -3.10. The van der Waals surface area contributed by atoms with E-state index in [1.54, 1.807) is 26.8 Å². The Balaban J connectivity index is 3.38. The summed E-state index contributed by atoms with van der Waals surface area (Å²) < 4.78 is 5.22. The highest BCUT2D eigenvalue weighted by molar-refractivity contribution is 5.94. The molecule has 0 heterocycles. The Morgan fingerprint density at radius 3 is 2.12 bits per heavy atom. The fourth-order valence-corrected chi connectivity index (χ4v) is 3.26. The lowest BCUT2D eigenvalue weighted by atomic mass is 9.94. The van der Waals surface area contributed by atoms with E-state index in [-0.39, 0.29) is 5.91 Å². The Bertz CT molecular complexity index is 899. The van der Waals surface area contributed by atoms with Gasteiger partial charge in [0.2, 0.25) is 17.7 Å².